The minimum absolute atomic E-state index is 0.0511. The van der Waals surface area contributed by atoms with Crippen molar-refractivity contribution in [2.75, 3.05) is 55.8 Å². The molecule has 1 aromatic carbocycles. The van der Waals surface area contributed by atoms with E-state index in [0.717, 1.165) is 23.4 Å². The van der Waals surface area contributed by atoms with Crippen molar-refractivity contribution in [1.29, 1.82) is 0 Å². The molecule has 0 bridgehead atoms. The smallest absolute Gasteiger partial charge is 0.434 e. The highest BCUT2D eigenvalue weighted by Crippen LogP contribution is 2.34. The Balaban J connectivity index is 1.79. The first-order valence-corrected chi connectivity index (χ1v) is 16.3. The number of carbonyl (C=O) groups is 2. The normalized spacial score (nSPS) is 16.1. The molecule has 1 saturated heterocycles. The number of benzene rings is 1. The molecule has 0 unspecified atom stereocenters. The molecule has 1 fully saturated rings. The van der Waals surface area contributed by atoms with E-state index >= 15 is 0 Å². The molecule has 45 heavy (non-hydrogen) atoms. The average Bonchev–Trinajstić information content (AvgIpc) is 2.92. The Labute approximate surface area is 260 Å². The van der Waals surface area contributed by atoms with Gasteiger partial charge in [0.25, 0.3) is 5.91 Å². The molecule has 0 spiro atoms. The Morgan fingerprint density at radius 1 is 1.18 bits per heavy atom. The van der Waals surface area contributed by atoms with Crippen LogP contribution in [-0.4, -0.2) is 93.0 Å². The summed E-state index contributed by atoms with van der Waals surface area (Å²) in [5.74, 6) is -2.08. The molecule has 3 rings (SSSR count). The van der Waals surface area contributed by atoms with Gasteiger partial charge in [-0.15, -0.1) is 0 Å². The lowest BCUT2D eigenvalue weighted by Crippen LogP contribution is -2.56. The summed E-state index contributed by atoms with van der Waals surface area (Å²) in [6, 6.07) is 3.39. The SMILES string of the molecule is CC(C)[C@@H]1CN(c2ccc(F)c(S(C)(=O)=O)c2)CCN1c1ncc(C(=O)N(C)CCCNC(=O)OC(C)(C)C)c(C(F)(F)F)n1. The van der Waals surface area contributed by atoms with Crippen molar-refractivity contribution in [1.82, 2.24) is 20.2 Å². The van der Waals surface area contributed by atoms with Crippen molar-refractivity contribution in [3.8, 4) is 0 Å². The van der Waals surface area contributed by atoms with E-state index in [1.165, 1.54) is 19.2 Å². The number of nitrogens with one attached hydrogen (secondary N) is 1. The zero-order valence-corrected chi connectivity index (χ0v) is 27.2. The topological polar surface area (TPSA) is 125 Å². The van der Waals surface area contributed by atoms with Crippen LogP contribution in [0.5, 0.6) is 0 Å². The summed E-state index contributed by atoms with van der Waals surface area (Å²) in [4.78, 5) is 37.0. The van der Waals surface area contributed by atoms with E-state index in [-0.39, 0.29) is 51.0 Å². The van der Waals surface area contributed by atoms with E-state index in [2.05, 4.69) is 15.3 Å². The van der Waals surface area contributed by atoms with Crippen LogP contribution in [0.25, 0.3) is 0 Å². The van der Waals surface area contributed by atoms with Crippen molar-refractivity contribution < 1.29 is 40.3 Å². The quantitative estimate of drug-likeness (QED) is 0.308. The maximum absolute atomic E-state index is 14.2. The fourth-order valence-corrected chi connectivity index (χ4v) is 5.60. The van der Waals surface area contributed by atoms with Gasteiger partial charge in [0.15, 0.2) is 15.5 Å². The molecule has 2 aromatic rings. The molecule has 2 heterocycles. The number of carbonyl (C=O) groups excluding carboxylic acids is 2. The van der Waals surface area contributed by atoms with Crippen LogP contribution in [0.2, 0.25) is 0 Å². The standard InChI is InChI=1S/C29H40F4N6O5S/c1-18(2)22-17-38(19-9-10-21(30)23(15-19)45(7,42)43)13-14-39(22)26-35-16-20(24(36-26)29(31,32)33)25(40)37(6)12-8-11-34-27(41)44-28(3,4)5/h9-10,15-16,18,22H,8,11-14,17H2,1-7H3,(H,34,41)/t22-/m0/s1. The third-order valence-corrected chi connectivity index (χ3v) is 8.20. The monoisotopic (exact) mass is 660 g/mol. The number of piperazine rings is 1. The van der Waals surface area contributed by atoms with E-state index in [4.69, 9.17) is 4.74 Å². The fraction of sp³-hybridized carbons (Fsp3) is 0.586. The number of halogens is 4. The molecule has 1 atom stereocenters. The van der Waals surface area contributed by atoms with E-state index in [1.807, 2.05) is 18.7 Å². The number of hydrogen-bond acceptors (Lipinski definition) is 9. The number of anilines is 2. The summed E-state index contributed by atoms with van der Waals surface area (Å²) in [7, 11) is -2.47. The van der Waals surface area contributed by atoms with Crippen LogP contribution < -0.4 is 15.1 Å². The number of ether oxygens (including phenoxy) is 1. The Morgan fingerprint density at radius 3 is 2.42 bits per heavy atom. The van der Waals surface area contributed by atoms with E-state index < -0.39 is 61.6 Å². The summed E-state index contributed by atoms with van der Waals surface area (Å²) in [5, 5.41) is 2.53. The number of hydrogen-bond donors (Lipinski definition) is 1. The second kappa shape index (κ2) is 13.7. The summed E-state index contributed by atoms with van der Waals surface area (Å²) in [5.41, 5.74) is -2.29. The third kappa shape index (κ3) is 9.41. The van der Waals surface area contributed by atoms with Crippen molar-refractivity contribution >= 4 is 33.5 Å². The molecule has 1 aromatic heterocycles. The second-order valence-electron chi connectivity index (χ2n) is 12.3. The highest BCUT2D eigenvalue weighted by Gasteiger charge is 2.40. The molecule has 0 saturated carbocycles. The lowest BCUT2D eigenvalue weighted by molar-refractivity contribution is -0.141. The summed E-state index contributed by atoms with van der Waals surface area (Å²) in [6.45, 7) is 9.80. The first kappa shape index (κ1) is 35.8. The van der Waals surface area contributed by atoms with Gasteiger partial charge < -0.3 is 24.8 Å². The summed E-state index contributed by atoms with van der Waals surface area (Å²) < 4.78 is 86.1. The molecule has 1 aliphatic heterocycles. The van der Waals surface area contributed by atoms with Crippen LogP contribution in [0.1, 0.15) is 57.1 Å². The Morgan fingerprint density at radius 2 is 1.84 bits per heavy atom. The van der Waals surface area contributed by atoms with Gasteiger partial charge in [0.1, 0.15) is 16.3 Å². The van der Waals surface area contributed by atoms with Crippen LogP contribution in [0.3, 0.4) is 0 Å². The first-order valence-electron chi connectivity index (χ1n) is 14.4. The van der Waals surface area contributed by atoms with Crippen LogP contribution >= 0.6 is 0 Å². The number of sulfone groups is 1. The van der Waals surface area contributed by atoms with Gasteiger partial charge >= 0.3 is 12.3 Å². The number of aromatic nitrogens is 2. The van der Waals surface area contributed by atoms with Crippen molar-refractivity contribution in [3.63, 3.8) is 0 Å². The highest BCUT2D eigenvalue weighted by molar-refractivity contribution is 7.90. The zero-order valence-electron chi connectivity index (χ0n) is 26.4. The molecule has 250 valence electrons. The largest absolute Gasteiger partial charge is 0.444 e. The highest BCUT2D eigenvalue weighted by atomic mass is 32.2. The predicted octanol–water partition coefficient (Wildman–Crippen LogP) is 4.38. The van der Waals surface area contributed by atoms with Crippen LogP contribution in [0, 0.1) is 11.7 Å². The molecular formula is C29H40F4N6O5S. The molecule has 1 N–H and O–H groups in total. The van der Waals surface area contributed by atoms with Crippen LogP contribution in [0.4, 0.5) is 34.0 Å². The second-order valence-corrected chi connectivity index (χ2v) is 14.3. The number of alkyl carbamates (subject to hydrolysis) is 1. The minimum Gasteiger partial charge on any atom is -0.444 e. The van der Waals surface area contributed by atoms with Crippen molar-refractivity contribution in [2.24, 2.45) is 5.92 Å². The lowest BCUT2D eigenvalue weighted by Gasteiger charge is -2.44. The maximum atomic E-state index is 14.2. The maximum Gasteiger partial charge on any atom is 0.434 e. The predicted molar refractivity (Wildman–Crippen MR) is 161 cm³/mol. The number of amides is 2. The van der Waals surface area contributed by atoms with Crippen LogP contribution in [0.15, 0.2) is 29.3 Å². The summed E-state index contributed by atoms with van der Waals surface area (Å²) in [6.07, 6.45) is -3.54. The molecule has 0 aliphatic carbocycles. The number of alkyl halides is 3. The van der Waals surface area contributed by atoms with Gasteiger partial charge in [0.2, 0.25) is 5.95 Å². The van der Waals surface area contributed by atoms with Gasteiger partial charge in [-0.05, 0) is 51.3 Å². The Bertz CT molecular complexity index is 1500. The fourth-order valence-electron chi connectivity index (χ4n) is 4.85. The van der Waals surface area contributed by atoms with E-state index in [1.54, 1.807) is 25.7 Å². The van der Waals surface area contributed by atoms with E-state index in [0.29, 0.717) is 5.69 Å². The van der Waals surface area contributed by atoms with Crippen LogP contribution in [-0.2, 0) is 20.8 Å². The Kier molecular flexibility index (Phi) is 10.9. The number of nitrogens with zero attached hydrogens (tertiary/aromatic N) is 5. The summed E-state index contributed by atoms with van der Waals surface area (Å²) >= 11 is 0. The third-order valence-electron chi connectivity index (χ3n) is 7.08. The lowest BCUT2D eigenvalue weighted by atomic mass is 9.99. The Hall–Kier alpha value is -3.69. The first-order chi connectivity index (χ1) is 20.7. The van der Waals surface area contributed by atoms with Gasteiger partial charge in [-0.25, -0.2) is 27.6 Å². The molecule has 0 radical (unpaired) electrons. The molecule has 1 aliphatic rings. The van der Waals surface area contributed by atoms with Gasteiger partial charge in [-0.3, -0.25) is 4.79 Å². The van der Waals surface area contributed by atoms with E-state index in [9.17, 15) is 35.6 Å². The number of rotatable bonds is 9. The van der Waals surface area contributed by atoms with Gasteiger partial charge in [-0.1, -0.05) is 13.8 Å². The molecule has 11 nitrogen and oxygen atoms in total. The van der Waals surface area contributed by atoms with Gasteiger partial charge in [0, 0.05) is 57.9 Å². The average molecular weight is 661 g/mol. The minimum atomic E-state index is -4.95. The van der Waals surface area contributed by atoms with Gasteiger partial charge in [-0.2, -0.15) is 13.2 Å². The zero-order chi connectivity index (χ0) is 33.9. The molecule has 2 amide bonds. The van der Waals surface area contributed by atoms with Crippen molar-refractivity contribution in [2.45, 2.75) is 63.8 Å². The van der Waals surface area contributed by atoms with Crippen molar-refractivity contribution in [3.05, 3.63) is 41.5 Å². The van der Waals surface area contributed by atoms with Gasteiger partial charge in [0.05, 0.1) is 11.6 Å². The molecule has 16 heteroatoms. The molecular weight excluding hydrogens is 620 g/mol.